The van der Waals surface area contributed by atoms with Gasteiger partial charge in [0.1, 0.15) is 0 Å². The van der Waals surface area contributed by atoms with E-state index in [1.54, 1.807) is 0 Å². The molecule has 18 heavy (non-hydrogen) atoms. The highest BCUT2D eigenvalue weighted by molar-refractivity contribution is 5.92. The lowest BCUT2D eigenvalue weighted by Gasteiger charge is -2.26. The zero-order valence-electron chi connectivity index (χ0n) is 11.3. The molecule has 0 spiro atoms. The van der Waals surface area contributed by atoms with E-state index in [-0.39, 0.29) is 19.1 Å². The van der Waals surface area contributed by atoms with Crippen LogP contribution >= 0.6 is 0 Å². The van der Waals surface area contributed by atoms with Crippen LogP contribution < -0.4 is 10.6 Å². The lowest BCUT2D eigenvalue weighted by Crippen LogP contribution is -2.48. The molecule has 3 N–H and O–H groups in total. The van der Waals surface area contributed by atoms with Crippen molar-refractivity contribution >= 4 is 11.6 Å². The number of carbonyl (C=O) groups excluding carboxylic acids is 1. The Labute approximate surface area is 108 Å². The summed E-state index contributed by atoms with van der Waals surface area (Å²) in [7, 11) is 0. The van der Waals surface area contributed by atoms with Gasteiger partial charge in [0.05, 0.1) is 13.2 Å². The molecule has 0 aromatic heterocycles. The standard InChI is InChI=1S/C14H22N2O2/c1-4-14(3,10-17)15-9-13(18)16-12-7-5-6-11(2)8-12/h5-8,15,17H,4,9-10H2,1-3H3,(H,16,18). The maximum atomic E-state index is 11.7. The quantitative estimate of drug-likeness (QED) is 0.720. The molecule has 1 aromatic rings. The SMILES string of the molecule is CCC(C)(CO)NCC(=O)Nc1cccc(C)c1. The van der Waals surface area contributed by atoms with Gasteiger partial charge in [-0.2, -0.15) is 0 Å². The molecule has 1 atom stereocenters. The van der Waals surface area contributed by atoms with Crippen LogP contribution in [0, 0.1) is 6.92 Å². The van der Waals surface area contributed by atoms with Crippen LogP contribution in [-0.4, -0.2) is 29.7 Å². The van der Waals surface area contributed by atoms with Crippen LogP contribution in [-0.2, 0) is 4.79 Å². The molecule has 0 fully saturated rings. The number of anilines is 1. The van der Waals surface area contributed by atoms with Gasteiger partial charge >= 0.3 is 0 Å². The fraction of sp³-hybridized carbons (Fsp3) is 0.500. The molecule has 4 nitrogen and oxygen atoms in total. The van der Waals surface area contributed by atoms with E-state index in [9.17, 15) is 9.90 Å². The number of nitrogens with one attached hydrogen (secondary N) is 2. The third-order valence-electron chi connectivity index (χ3n) is 3.11. The van der Waals surface area contributed by atoms with Gasteiger partial charge in [0.25, 0.3) is 0 Å². The molecule has 1 unspecified atom stereocenters. The highest BCUT2D eigenvalue weighted by Gasteiger charge is 2.20. The average molecular weight is 250 g/mol. The normalized spacial score (nSPS) is 14.0. The van der Waals surface area contributed by atoms with Crippen molar-refractivity contribution in [2.45, 2.75) is 32.7 Å². The van der Waals surface area contributed by atoms with Gasteiger partial charge < -0.3 is 15.7 Å². The first kappa shape index (κ1) is 14.7. The van der Waals surface area contributed by atoms with E-state index in [1.165, 1.54) is 0 Å². The monoisotopic (exact) mass is 250 g/mol. The number of carbonyl (C=O) groups is 1. The summed E-state index contributed by atoms with van der Waals surface area (Å²) in [6, 6.07) is 7.66. The number of hydrogen-bond acceptors (Lipinski definition) is 3. The molecule has 0 aliphatic heterocycles. The minimum atomic E-state index is -0.399. The summed E-state index contributed by atoms with van der Waals surface area (Å²) in [6.07, 6.45) is 0.765. The summed E-state index contributed by atoms with van der Waals surface area (Å²) in [5.41, 5.74) is 1.50. The van der Waals surface area contributed by atoms with Gasteiger partial charge in [-0.1, -0.05) is 19.1 Å². The highest BCUT2D eigenvalue weighted by Crippen LogP contribution is 2.10. The van der Waals surface area contributed by atoms with Crippen molar-refractivity contribution in [3.63, 3.8) is 0 Å². The molecule has 0 aliphatic rings. The molecule has 0 radical (unpaired) electrons. The predicted octanol–water partition coefficient (Wildman–Crippen LogP) is 1.68. The van der Waals surface area contributed by atoms with Gasteiger partial charge in [-0.3, -0.25) is 4.79 Å². The van der Waals surface area contributed by atoms with E-state index in [4.69, 9.17) is 0 Å². The smallest absolute Gasteiger partial charge is 0.238 e. The summed E-state index contributed by atoms with van der Waals surface area (Å²) in [4.78, 5) is 11.7. The van der Waals surface area contributed by atoms with Gasteiger partial charge in [0.15, 0.2) is 0 Å². The maximum absolute atomic E-state index is 11.7. The average Bonchev–Trinajstić information content (AvgIpc) is 2.36. The van der Waals surface area contributed by atoms with Crippen LogP contribution in [0.1, 0.15) is 25.8 Å². The van der Waals surface area contributed by atoms with Crippen molar-refractivity contribution in [3.8, 4) is 0 Å². The zero-order valence-corrected chi connectivity index (χ0v) is 11.3. The first-order valence-electron chi connectivity index (χ1n) is 6.21. The third kappa shape index (κ3) is 4.47. The van der Waals surface area contributed by atoms with E-state index in [1.807, 2.05) is 45.0 Å². The molecule has 0 heterocycles. The van der Waals surface area contributed by atoms with Crippen molar-refractivity contribution in [2.75, 3.05) is 18.5 Å². The Morgan fingerprint density at radius 3 is 2.72 bits per heavy atom. The van der Waals surface area contributed by atoms with Crippen molar-refractivity contribution in [3.05, 3.63) is 29.8 Å². The largest absolute Gasteiger partial charge is 0.394 e. The van der Waals surface area contributed by atoms with E-state index in [0.29, 0.717) is 0 Å². The number of hydrogen-bond donors (Lipinski definition) is 3. The molecule has 4 heteroatoms. The zero-order chi connectivity index (χ0) is 13.6. The summed E-state index contributed by atoms with van der Waals surface area (Å²) in [6.45, 7) is 6.06. The van der Waals surface area contributed by atoms with E-state index in [0.717, 1.165) is 17.7 Å². The summed E-state index contributed by atoms with van der Waals surface area (Å²) < 4.78 is 0. The topological polar surface area (TPSA) is 61.4 Å². The molecule has 0 saturated carbocycles. The second kappa shape index (κ2) is 6.52. The van der Waals surface area contributed by atoms with Gasteiger partial charge in [-0.25, -0.2) is 0 Å². The molecular weight excluding hydrogens is 228 g/mol. The van der Waals surface area contributed by atoms with Crippen LogP contribution in [0.4, 0.5) is 5.69 Å². The number of aryl methyl sites for hydroxylation is 1. The molecule has 0 saturated heterocycles. The van der Waals surface area contributed by atoms with Crippen LogP contribution in [0.15, 0.2) is 24.3 Å². The number of rotatable bonds is 6. The highest BCUT2D eigenvalue weighted by atomic mass is 16.3. The molecule has 0 aliphatic carbocycles. The van der Waals surface area contributed by atoms with Crippen molar-refractivity contribution in [1.29, 1.82) is 0 Å². The van der Waals surface area contributed by atoms with E-state index < -0.39 is 5.54 Å². The second-order valence-electron chi connectivity index (χ2n) is 4.84. The summed E-state index contributed by atoms with van der Waals surface area (Å²) in [5, 5.41) is 15.1. The number of aliphatic hydroxyl groups is 1. The molecular formula is C14H22N2O2. The minimum absolute atomic E-state index is 0.0151. The first-order chi connectivity index (χ1) is 8.49. The van der Waals surface area contributed by atoms with Crippen molar-refractivity contribution < 1.29 is 9.90 Å². The number of aliphatic hydroxyl groups excluding tert-OH is 1. The molecule has 0 bridgehead atoms. The van der Waals surface area contributed by atoms with Crippen LogP contribution in [0.2, 0.25) is 0 Å². The lowest BCUT2D eigenvalue weighted by molar-refractivity contribution is -0.115. The molecule has 1 aromatic carbocycles. The number of amides is 1. The van der Waals surface area contributed by atoms with Gasteiger partial charge in [0, 0.05) is 11.2 Å². The Balaban J connectivity index is 2.47. The van der Waals surface area contributed by atoms with E-state index in [2.05, 4.69) is 10.6 Å². The molecule has 1 amide bonds. The molecule has 100 valence electrons. The van der Waals surface area contributed by atoms with Gasteiger partial charge in [0.2, 0.25) is 5.91 Å². The fourth-order valence-electron chi connectivity index (χ4n) is 1.51. The van der Waals surface area contributed by atoms with Crippen molar-refractivity contribution in [2.24, 2.45) is 0 Å². The first-order valence-corrected chi connectivity index (χ1v) is 6.21. The second-order valence-corrected chi connectivity index (χ2v) is 4.84. The van der Waals surface area contributed by atoms with Gasteiger partial charge in [-0.05, 0) is 38.0 Å². The van der Waals surface area contributed by atoms with Gasteiger partial charge in [-0.15, -0.1) is 0 Å². The Hall–Kier alpha value is -1.39. The third-order valence-corrected chi connectivity index (χ3v) is 3.11. The summed E-state index contributed by atoms with van der Waals surface area (Å²) in [5.74, 6) is -0.103. The minimum Gasteiger partial charge on any atom is -0.394 e. The predicted molar refractivity (Wildman–Crippen MR) is 73.6 cm³/mol. The van der Waals surface area contributed by atoms with Crippen LogP contribution in [0.5, 0.6) is 0 Å². The summed E-state index contributed by atoms with van der Waals surface area (Å²) >= 11 is 0. The van der Waals surface area contributed by atoms with Crippen LogP contribution in [0.3, 0.4) is 0 Å². The van der Waals surface area contributed by atoms with Crippen molar-refractivity contribution in [1.82, 2.24) is 5.32 Å². The Morgan fingerprint density at radius 2 is 2.17 bits per heavy atom. The van der Waals surface area contributed by atoms with E-state index >= 15 is 0 Å². The molecule has 1 rings (SSSR count). The maximum Gasteiger partial charge on any atom is 0.238 e. The van der Waals surface area contributed by atoms with Crippen LogP contribution in [0.25, 0.3) is 0 Å². The lowest BCUT2D eigenvalue weighted by atomic mass is 10.0. The number of benzene rings is 1. The Bertz CT molecular complexity index is 401. The Kier molecular flexibility index (Phi) is 5.31. The fourth-order valence-corrected chi connectivity index (χ4v) is 1.51. The Morgan fingerprint density at radius 1 is 1.44 bits per heavy atom.